The maximum atomic E-state index is 12.5. The van der Waals surface area contributed by atoms with Gasteiger partial charge in [-0.3, -0.25) is 4.79 Å². The molecule has 0 saturated carbocycles. The molecule has 7 heteroatoms. The van der Waals surface area contributed by atoms with Gasteiger partial charge in [-0.2, -0.15) is 0 Å². The van der Waals surface area contributed by atoms with Gasteiger partial charge in [0.05, 0.1) is 17.4 Å². The molecule has 1 atom stereocenters. The zero-order valence-electron chi connectivity index (χ0n) is 15.7. The minimum atomic E-state index is -0.497. The smallest absolute Gasteiger partial charge is 0.339 e. The van der Waals surface area contributed by atoms with E-state index < -0.39 is 5.97 Å². The zero-order valence-corrected chi connectivity index (χ0v) is 17.3. The summed E-state index contributed by atoms with van der Waals surface area (Å²) in [5.74, 6) is -0.0564. The van der Waals surface area contributed by atoms with Crippen molar-refractivity contribution in [3.05, 3.63) is 54.1 Å². The number of ether oxygens (including phenoxy) is 2. The van der Waals surface area contributed by atoms with E-state index in [0.717, 1.165) is 35.0 Å². The van der Waals surface area contributed by atoms with Gasteiger partial charge in [0.25, 0.3) is 5.91 Å². The van der Waals surface area contributed by atoms with Crippen LogP contribution in [0.15, 0.2) is 58.3 Å². The molecule has 2 aromatic rings. The number of rotatable bonds is 8. The van der Waals surface area contributed by atoms with Crippen molar-refractivity contribution in [1.82, 2.24) is 0 Å². The average Bonchev–Trinajstić information content (AvgIpc) is 3.25. The second-order valence-corrected chi connectivity index (χ2v) is 8.18. The molecule has 28 heavy (non-hydrogen) atoms. The van der Waals surface area contributed by atoms with Crippen LogP contribution in [-0.4, -0.2) is 43.2 Å². The molecule has 1 amide bonds. The van der Waals surface area contributed by atoms with Crippen molar-refractivity contribution in [2.24, 2.45) is 0 Å². The summed E-state index contributed by atoms with van der Waals surface area (Å²) < 4.78 is 10.9. The van der Waals surface area contributed by atoms with Gasteiger partial charge >= 0.3 is 5.97 Å². The lowest BCUT2D eigenvalue weighted by Gasteiger charge is -2.12. The maximum absolute atomic E-state index is 12.5. The molecular weight excluding hydrogens is 394 g/mol. The molecule has 1 heterocycles. The Kier molecular flexibility index (Phi) is 7.82. The minimum absolute atomic E-state index is 0.233. The van der Waals surface area contributed by atoms with Crippen LogP contribution >= 0.6 is 23.5 Å². The molecule has 1 aliphatic rings. The van der Waals surface area contributed by atoms with Crippen LogP contribution in [-0.2, 0) is 14.3 Å². The molecule has 0 bridgehead atoms. The first kappa shape index (κ1) is 20.8. The third-order valence-corrected chi connectivity index (χ3v) is 6.27. The third-order valence-electron chi connectivity index (χ3n) is 4.27. The Morgan fingerprint density at radius 1 is 1.14 bits per heavy atom. The molecule has 0 spiro atoms. The molecule has 1 N–H and O–H groups in total. The quantitative estimate of drug-likeness (QED) is 0.505. The van der Waals surface area contributed by atoms with Crippen molar-refractivity contribution in [2.45, 2.75) is 28.7 Å². The van der Waals surface area contributed by atoms with Crippen LogP contribution in [0.5, 0.6) is 0 Å². The molecule has 148 valence electrons. The van der Waals surface area contributed by atoms with E-state index >= 15 is 0 Å². The first-order valence-electron chi connectivity index (χ1n) is 9.11. The van der Waals surface area contributed by atoms with Crippen LogP contribution in [0.25, 0.3) is 0 Å². The van der Waals surface area contributed by atoms with Gasteiger partial charge in [0.15, 0.2) is 6.61 Å². The highest BCUT2D eigenvalue weighted by Crippen LogP contribution is 2.27. The molecule has 5 nitrogen and oxygen atoms in total. The molecule has 2 aromatic carbocycles. The maximum Gasteiger partial charge on any atom is 0.339 e. The Balaban J connectivity index is 1.55. The number of carbonyl (C=O) groups excluding carboxylic acids is 2. The Hall–Kier alpha value is -1.96. The number of para-hydroxylation sites is 1. The van der Waals surface area contributed by atoms with Gasteiger partial charge in [0.1, 0.15) is 0 Å². The number of esters is 1. The highest BCUT2D eigenvalue weighted by atomic mass is 32.2. The minimum Gasteiger partial charge on any atom is -0.452 e. The normalized spacial score (nSPS) is 16.0. The van der Waals surface area contributed by atoms with Gasteiger partial charge in [-0.05, 0) is 43.4 Å². The van der Waals surface area contributed by atoms with Crippen molar-refractivity contribution in [1.29, 1.82) is 0 Å². The number of hydrogen-bond acceptors (Lipinski definition) is 6. The van der Waals surface area contributed by atoms with Crippen molar-refractivity contribution in [2.75, 3.05) is 30.5 Å². The zero-order chi connectivity index (χ0) is 19.8. The number of hydrogen-bond donors (Lipinski definition) is 1. The lowest BCUT2D eigenvalue weighted by molar-refractivity contribution is -0.119. The summed E-state index contributed by atoms with van der Waals surface area (Å²) in [5, 5.41) is 2.79. The van der Waals surface area contributed by atoms with Crippen LogP contribution in [0.3, 0.4) is 0 Å². The van der Waals surface area contributed by atoms with Gasteiger partial charge in [-0.15, -0.1) is 23.5 Å². The van der Waals surface area contributed by atoms with E-state index in [2.05, 4.69) is 5.32 Å². The Bertz CT molecular complexity index is 822. The highest BCUT2D eigenvalue weighted by Gasteiger charge is 2.19. The summed E-state index contributed by atoms with van der Waals surface area (Å²) in [4.78, 5) is 26.5. The van der Waals surface area contributed by atoms with E-state index in [0.29, 0.717) is 11.3 Å². The second-order valence-electron chi connectivity index (χ2n) is 6.27. The first-order chi connectivity index (χ1) is 13.7. The summed E-state index contributed by atoms with van der Waals surface area (Å²) in [6, 6.07) is 14.8. The number of carbonyl (C=O) groups is 2. The van der Waals surface area contributed by atoms with E-state index in [1.807, 2.05) is 42.7 Å². The monoisotopic (exact) mass is 417 g/mol. The van der Waals surface area contributed by atoms with Crippen molar-refractivity contribution >= 4 is 41.1 Å². The van der Waals surface area contributed by atoms with Crippen LogP contribution in [0.4, 0.5) is 5.69 Å². The van der Waals surface area contributed by atoms with Gasteiger partial charge < -0.3 is 14.8 Å². The number of benzene rings is 2. The molecule has 1 aliphatic heterocycles. The van der Waals surface area contributed by atoms with Crippen molar-refractivity contribution < 1.29 is 19.1 Å². The van der Waals surface area contributed by atoms with E-state index in [1.165, 1.54) is 0 Å². The van der Waals surface area contributed by atoms with E-state index in [1.54, 1.807) is 35.7 Å². The fourth-order valence-electron chi connectivity index (χ4n) is 2.86. The lowest BCUT2D eigenvalue weighted by atomic mass is 10.2. The predicted molar refractivity (Wildman–Crippen MR) is 113 cm³/mol. The van der Waals surface area contributed by atoms with Crippen molar-refractivity contribution in [3.63, 3.8) is 0 Å². The molecule has 1 fully saturated rings. The fourth-order valence-corrected chi connectivity index (χ4v) is 4.53. The Morgan fingerprint density at radius 3 is 2.64 bits per heavy atom. The van der Waals surface area contributed by atoms with Crippen molar-refractivity contribution in [3.8, 4) is 0 Å². The SMILES string of the molecule is CSc1ccccc1NC(=O)COC(=O)c1ccccc1SC[C@H]1CCCO1. The van der Waals surface area contributed by atoms with E-state index in [-0.39, 0.29) is 18.6 Å². The fraction of sp³-hybridized carbons (Fsp3) is 0.333. The number of thioether (sulfide) groups is 2. The van der Waals surface area contributed by atoms with E-state index in [9.17, 15) is 9.59 Å². The summed E-state index contributed by atoms with van der Waals surface area (Å²) >= 11 is 3.13. The summed E-state index contributed by atoms with van der Waals surface area (Å²) in [5.41, 5.74) is 1.19. The van der Waals surface area contributed by atoms with Crippen LogP contribution in [0, 0.1) is 0 Å². The molecule has 0 aromatic heterocycles. The molecular formula is C21H23NO4S2. The predicted octanol–water partition coefficient (Wildman–Crippen LogP) is 4.48. The molecule has 0 unspecified atom stereocenters. The topological polar surface area (TPSA) is 64.6 Å². The summed E-state index contributed by atoms with van der Waals surface area (Å²) in [6.07, 6.45) is 4.31. The first-order valence-corrected chi connectivity index (χ1v) is 11.3. The third kappa shape index (κ3) is 5.77. The van der Waals surface area contributed by atoms with Crippen LogP contribution < -0.4 is 5.32 Å². The van der Waals surface area contributed by atoms with Gasteiger partial charge in [0.2, 0.25) is 0 Å². The Labute approximate surface area is 173 Å². The van der Waals surface area contributed by atoms with Crippen LogP contribution in [0.2, 0.25) is 0 Å². The standard InChI is InChI=1S/C21H23NO4S2/c1-27-19-11-5-3-9-17(19)22-20(23)13-26-21(24)16-8-2-4-10-18(16)28-14-15-7-6-12-25-15/h2-5,8-11,15H,6-7,12-14H2,1H3,(H,22,23)/t15-/m1/s1. The lowest BCUT2D eigenvalue weighted by Crippen LogP contribution is -2.21. The molecule has 0 radical (unpaired) electrons. The number of nitrogens with one attached hydrogen (secondary N) is 1. The average molecular weight is 418 g/mol. The van der Waals surface area contributed by atoms with Gasteiger partial charge in [0, 0.05) is 22.2 Å². The number of anilines is 1. The van der Waals surface area contributed by atoms with Crippen LogP contribution in [0.1, 0.15) is 23.2 Å². The molecule has 0 aliphatic carbocycles. The Morgan fingerprint density at radius 2 is 1.89 bits per heavy atom. The largest absolute Gasteiger partial charge is 0.452 e. The van der Waals surface area contributed by atoms with Gasteiger partial charge in [-0.1, -0.05) is 24.3 Å². The number of amides is 1. The van der Waals surface area contributed by atoms with Gasteiger partial charge in [-0.25, -0.2) is 4.79 Å². The highest BCUT2D eigenvalue weighted by molar-refractivity contribution is 7.99. The summed E-state index contributed by atoms with van der Waals surface area (Å²) in [6.45, 7) is 0.482. The second kappa shape index (κ2) is 10.5. The molecule has 1 saturated heterocycles. The molecule has 3 rings (SSSR count). The summed E-state index contributed by atoms with van der Waals surface area (Å²) in [7, 11) is 0. The van der Waals surface area contributed by atoms with E-state index in [4.69, 9.17) is 9.47 Å².